The van der Waals surface area contributed by atoms with Crippen molar-refractivity contribution in [2.45, 2.75) is 20.0 Å². The van der Waals surface area contributed by atoms with E-state index in [0.717, 1.165) is 17.8 Å². The predicted molar refractivity (Wildman–Crippen MR) is 67.2 cm³/mol. The van der Waals surface area contributed by atoms with Crippen LogP contribution in [0.4, 0.5) is 5.69 Å². The Labute approximate surface area is 101 Å². The van der Waals surface area contributed by atoms with Gasteiger partial charge in [0.2, 0.25) is 0 Å². The number of nitrogens with one attached hydrogen (secondary N) is 2. The fourth-order valence-electron chi connectivity index (χ4n) is 1.83. The van der Waals surface area contributed by atoms with Crippen LogP contribution in [0.3, 0.4) is 0 Å². The lowest BCUT2D eigenvalue weighted by Gasteiger charge is -2.23. The van der Waals surface area contributed by atoms with Gasteiger partial charge in [-0.05, 0) is 31.0 Å². The zero-order chi connectivity index (χ0) is 12.3. The number of morpholine rings is 1. The van der Waals surface area contributed by atoms with E-state index in [-0.39, 0.29) is 12.0 Å². The number of hydrogen-bond donors (Lipinski definition) is 2. The molecular formula is C13H18N2O2. The standard InChI is InChI=1S/C13H18N2O2/c1-9-4-3-5-11(10(9)2)15-13(16)12-8-14-6-7-17-12/h3-5,12,14H,6-8H2,1-2H3,(H,15,16). The summed E-state index contributed by atoms with van der Waals surface area (Å²) in [6, 6.07) is 5.89. The summed E-state index contributed by atoms with van der Waals surface area (Å²) in [5, 5.41) is 6.06. The van der Waals surface area contributed by atoms with E-state index in [0.29, 0.717) is 13.2 Å². The van der Waals surface area contributed by atoms with Gasteiger partial charge < -0.3 is 15.4 Å². The van der Waals surface area contributed by atoms with E-state index in [4.69, 9.17) is 4.74 Å². The van der Waals surface area contributed by atoms with Gasteiger partial charge in [-0.25, -0.2) is 0 Å². The van der Waals surface area contributed by atoms with Crippen LogP contribution in [0.15, 0.2) is 18.2 Å². The number of carbonyl (C=O) groups excluding carboxylic acids is 1. The van der Waals surface area contributed by atoms with Crippen molar-refractivity contribution >= 4 is 11.6 Å². The molecule has 92 valence electrons. The van der Waals surface area contributed by atoms with E-state index in [1.807, 2.05) is 32.0 Å². The molecule has 0 saturated carbocycles. The van der Waals surface area contributed by atoms with Gasteiger partial charge in [-0.2, -0.15) is 0 Å². The SMILES string of the molecule is Cc1cccc(NC(=O)C2CNCCO2)c1C. The molecule has 17 heavy (non-hydrogen) atoms. The average Bonchev–Trinajstić information content (AvgIpc) is 2.36. The molecule has 2 rings (SSSR count). The molecule has 0 aliphatic carbocycles. The molecule has 0 aromatic heterocycles. The summed E-state index contributed by atoms with van der Waals surface area (Å²) in [4.78, 5) is 12.0. The van der Waals surface area contributed by atoms with Crippen LogP contribution >= 0.6 is 0 Å². The summed E-state index contributed by atoms with van der Waals surface area (Å²) in [5.41, 5.74) is 3.14. The molecule has 1 aliphatic rings. The van der Waals surface area contributed by atoms with Gasteiger partial charge >= 0.3 is 0 Å². The molecule has 1 aliphatic heterocycles. The highest BCUT2D eigenvalue weighted by molar-refractivity contribution is 5.95. The molecule has 1 unspecified atom stereocenters. The van der Waals surface area contributed by atoms with Crippen molar-refractivity contribution in [1.82, 2.24) is 5.32 Å². The third-order valence-corrected chi connectivity index (χ3v) is 3.08. The molecule has 2 N–H and O–H groups in total. The first-order valence-electron chi connectivity index (χ1n) is 5.88. The summed E-state index contributed by atoms with van der Waals surface area (Å²) < 4.78 is 5.41. The maximum atomic E-state index is 12.0. The maximum absolute atomic E-state index is 12.0. The first-order chi connectivity index (χ1) is 8.18. The van der Waals surface area contributed by atoms with Crippen molar-refractivity contribution in [3.8, 4) is 0 Å². The van der Waals surface area contributed by atoms with E-state index in [1.165, 1.54) is 5.56 Å². The third kappa shape index (κ3) is 2.84. The fraction of sp³-hybridized carbons (Fsp3) is 0.462. The van der Waals surface area contributed by atoms with Crippen molar-refractivity contribution in [2.75, 3.05) is 25.0 Å². The van der Waals surface area contributed by atoms with Gasteiger partial charge in [-0.1, -0.05) is 12.1 Å². The Balaban J connectivity index is 2.04. The number of amides is 1. The van der Waals surface area contributed by atoms with Crippen LogP contribution in [-0.2, 0) is 9.53 Å². The van der Waals surface area contributed by atoms with Crippen LogP contribution in [0.5, 0.6) is 0 Å². The number of anilines is 1. The average molecular weight is 234 g/mol. The van der Waals surface area contributed by atoms with Gasteiger partial charge in [0.1, 0.15) is 6.10 Å². The highest BCUT2D eigenvalue weighted by atomic mass is 16.5. The van der Waals surface area contributed by atoms with E-state index in [2.05, 4.69) is 10.6 Å². The third-order valence-electron chi connectivity index (χ3n) is 3.08. The zero-order valence-corrected chi connectivity index (χ0v) is 10.2. The van der Waals surface area contributed by atoms with Gasteiger partial charge in [0, 0.05) is 18.8 Å². The van der Waals surface area contributed by atoms with Crippen LogP contribution in [0.25, 0.3) is 0 Å². The molecule has 0 radical (unpaired) electrons. The Kier molecular flexibility index (Phi) is 3.76. The predicted octanol–water partition coefficient (Wildman–Crippen LogP) is 1.23. The highest BCUT2D eigenvalue weighted by Gasteiger charge is 2.22. The molecule has 0 spiro atoms. The van der Waals surface area contributed by atoms with Crippen molar-refractivity contribution in [3.05, 3.63) is 29.3 Å². The summed E-state index contributed by atoms with van der Waals surface area (Å²) in [7, 11) is 0. The molecule has 1 amide bonds. The first kappa shape index (κ1) is 12.1. The molecule has 4 nitrogen and oxygen atoms in total. The van der Waals surface area contributed by atoms with Gasteiger partial charge in [0.05, 0.1) is 6.61 Å². The Hall–Kier alpha value is -1.39. The number of hydrogen-bond acceptors (Lipinski definition) is 3. The van der Waals surface area contributed by atoms with E-state index >= 15 is 0 Å². The molecule has 1 aromatic carbocycles. The molecular weight excluding hydrogens is 216 g/mol. The Morgan fingerprint density at radius 1 is 1.47 bits per heavy atom. The van der Waals surface area contributed by atoms with Crippen molar-refractivity contribution in [1.29, 1.82) is 0 Å². The van der Waals surface area contributed by atoms with Gasteiger partial charge in [-0.3, -0.25) is 4.79 Å². The lowest BCUT2D eigenvalue weighted by atomic mass is 10.1. The summed E-state index contributed by atoms with van der Waals surface area (Å²) in [5.74, 6) is -0.0779. The number of ether oxygens (including phenoxy) is 1. The van der Waals surface area contributed by atoms with E-state index < -0.39 is 0 Å². The largest absolute Gasteiger partial charge is 0.366 e. The maximum Gasteiger partial charge on any atom is 0.254 e. The Morgan fingerprint density at radius 3 is 3.00 bits per heavy atom. The van der Waals surface area contributed by atoms with Crippen LogP contribution in [0.1, 0.15) is 11.1 Å². The number of benzene rings is 1. The second-order valence-electron chi connectivity index (χ2n) is 4.30. The molecule has 1 atom stereocenters. The Morgan fingerprint density at radius 2 is 2.29 bits per heavy atom. The van der Waals surface area contributed by atoms with Crippen molar-refractivity contribution in [2.24, 2.45) is 0 Å². The molecule has 1 aromatic rings. The monoisotopic (exact) mass is 234 g/mol. The second kappa shape index (κ2) is 5.29. The molecule has 1 heterocycles. The van der Waals surface area contributed by atoms with E-state index in [1.54, 1.807) is 0 Å². The minimum atomic E-state index is -0.385. The minimum absolute atomic E-state index is 0.0779. The Bertz CT molecular complexity index is 412. The minimum Gasteiger partial charge on any atom is -0.366 e. The first-order valence-corrected chi connectivity index (χ1v) is 5.88. The van der Waals surface area contributed by atoms with Gasteiger partial charge in [0.25, 0.3) is 5.91 Å². The van der Waals surface area contributed by atoms with E-state index in [9.17, 15) is 4.79 Å². The second-order valence-corrected chi connectivity index (χ2v) is 4.30. The van der Waals surface area contributed by atoms with Crippen molar-refractivity contribution < 1.29 is 9.53 Å². The lowest BCUT2D eigenvalue weighted by Crippen LogP contribution is -2.45. The smallest absolute Gasteiger partial charge is 0.254 e. The van der Waals surface area contributed by atoms with Gasteiger partial charge in [-0.15, -0.1) is 0 Å². The van der Waals surface area contributed by atoms with Crippen LogP contribution in [0.2, 0.25) is 0 Å². The molecule has 1 fully saturated rings. The molecule has 4 heteroatoms. The summed E-state index contributed by atoms with van der Waals surface area (Å²) in [6.07, 6.45) is -0.385. The highest BCUT2D eigenvalue weighted by Crippen LogP contribution is 2.18. The summed E-state index contributed by atoms with van der Waals surface area (Å²) in [6.45, 7) is 6.02. The zero-order valence-electron chi connectivity index (χ0n) is 10.2. The normalized spacial score (nSPS) is 20.0. The van der Waals surface area contributed by atoms with Crippen LogP contribution < -0.4 is 10.6 Å². The summed E-state index contributed by atoms with van der Waals surface area (Å²) >= 11 is 0. The van der Waals surface area contributed by atoms with Crippen molar-refractivity contribution in [3.63, 3.8) is 0 Å². The topological polar surface area (TPSA) is 50.4 Å². The van der Waals surface area contributed by atoms with Crippen LogP contribution in [-0.4, -0.2) is 31.7 Å². The number of carbonyl (C=O) groups is 1. The molecule has 1 saturated heterocycles. The lowest BCUT2D eigenvalue weighted by molar-refractivity contribution is -0.128. The fourth-order valence-corrected chi connectivity index (χ4v) is 1.83. The number of aryl methyl sites for hydroxylation is 1. The van der Waals surface area contributed by atoms with Crippen LogP contribution in [0, 0.1) is 13.8 Å². The number of rotatable bonds is 2. The molecule has 0 bridgehead atoms. The van der Waals surface area contributed by atoms with Gasteiger partial charge in [0.15, 0.2) is 0 Å². The quantitative estimate of drug-likeness (QED) is 0.809.